The molecule has 0 amide bonds. The highest BCUT2D eigenvalue weighted by Crippen LogP contribution is 2.16. The van der Waals surface area contributed by atoms with Crippen molar-refractivity contribution in [1.82, 2.24) is 0 Å². The number of fused-ring (bicyclic) bond motifs is 1. The predicted molar refractivity (Wildman–Crippen MR) is 44.4 cm³/mol. The Labute approximate surface area is 65.6 Å². The molecule has 1 aromatic carbocycles. The van der Waals surface area contributed by atoms with Crippen molar-refractivity contribution >= 4 is 11.0 Å². The van der Waals surface area contributed by atoms with Crippen molar-refractivity contribution in [1.29, 1.82) is 0 Å². The van der Waals surface area contributed by atoms with Crippen molar-refractivity contribution < 1.29 is 4.42 Å². The smallest absolute Gasteiger partial charge is 0.134 e. The molecule has 0 aliphatic rings. The van der Waals surface area contributed by atoms with Gasteiger partial charge in [-0.25, -0.2) is 0 Å². The monoisotopic (exact) mass is 145 g/mol. The van der Waals surface area contributed by atoms with E-state index in [1.165, 1.54) is 5.56 Å². The van der Waals surface area contributed by atoms with Crippen molar-refractivity contribution in [2.45, 2.75) is 13.3 Å². The first-order valence-electron chi connectivity index (χ1n) is 3.78. The Morgan fingerprint density at radius 2 is 2.36 bits per heavy atom. The van der Waals surface area contributed by atoms with Crippen LogP contribution in [-0.2, 0) is 6.42 Å². The van der Waals surface area contributed by atoms with Gasteiger partial charge in [-0.1, -0.05) is 19.1 Å². The Kier molecular flexibility index (Phi) is 1.42. The zero-order chi connectivity index (χ0) is 7.68. The zero-order valence-electron chi connectivity index (χ0n) is 6.42. The summed E-state index contributed by atoms with van der Waals surface area (Å²) in [6, 6.07) is 9.21. The summed E-state index contributed by atoms with van der Waals surface area (Å²) in [4.78, 5) is 0. The largest absolute Gasteiger partial charge is 0.464 e. The first-order chi connectivity index (χ1) is 5.40. The number of rotatable bonds is 1. The molecule has 0 N–H and O–H groups in total. The maximum Gasteiger partial charge on any atom is 0.134 e. The Morgan fingerprint density at radius 1 is 1.45 bits per heavy atom. The van der Waals surface area contributed by atoms with Crippen LogP contribution in [0.3, 0.4) is 0 Å². The lowest BCUT2D eigenvalue weighted by Gasteiger charge is -1.93. The fourth-order valence-electron chi connectivity index (χ4n) is 1.16. The van der Waals surface area contributed by atoms with E-state index in [0.29, 0.717) is 0 Å². The second-order valence-electron chi connectivity index (χ2n) is 2.56. The van der Waals surface area contributed by atoms with Crippen LogP contribution in [-0.4, -0.2) is 0 Å². The fourth-order valence-corrected chi connectivity index (χ4v) is 1.16. The van der Waals surface area contributed by atoms with Crippen LogP contribution in [0.25, 0.3) is 11.0 Å². The van der Waals surface area contributed by atoms with Gasteiger partial charge in [0.05, 0.1) is 6.26 Å². The summed E-state index contributed by atoms with van der Waals surface area (Å²) in [7, 11) is 0. The summed E-state index contributed by atoms with van der Waals surface area (Å²) in [5.41, 5.74) is 2.24. The second kappa shape index (κ2) is 2.42. The standard InChI is InChI=1S/C10H9O/c1-2-8-3-4-9-5-6-11-10(9)7-8/h3-4,6-7H,2H2,1H3. The lowest BCUT2D eigenvalue weighted by atomic mass is 10.1. The summed E-state index contributed by atoms with van der Waals surface area (Å²) in [6.07, 6.45) is 2.65. The quantitative estimate of drug-likeness (QED) is 0.601. The summed E-state index contributed by atoms with van der Waals surface area (Å²) < 4.78 is 5.20. The van der Waals surface area contributed by atoms with Crippen LogP contribution in [0.1, 0.15) is 12.5 Å². The minimum Gasteiger partial charge on any atom is -0.464 e. The predicted octanol–water partition coefficient (Wildman–Crippen LogP) is 2.80. The van der Waals surface area contributed by atoms with Gasteiger partial charge in [0, 0.05) is 11.5 Å². The van der Waals surface area contributed by atoms with E-state index in [1.807, 2.05) is 6.07 Å². The molecule has 2 rings (SSSR count). The van der Waals surface area contributed by atoms with Gasteiger partial charge < -0.3 is 4.42 Å². The van der Waals surface area contributed by atoms with E-state index in [2.05, 4.69) is 25.1 Å². The van der Waals surface area contributed by atoms with E-state index < -0.39 is 0 Å². The molecule has 0 spiro atoms. The van der Waals surface area contributed by atoms with E-state index in [4.69, 9.17) is 4.42 Å². The Balaban J connectivity index is 2.67. The highest BCUT2D eigenvalue weighted by Gasteiger charge is 1.96. The van der Waals surface area contributed by atoms with Crippen LogP contribution < -0.4 is 0 Å². The van der Waals surface area contributed by atoms with Crippen LogP contribution in [0.15, 0.2) is 28.9 Å². The van der Waals surface area contributed by atoms with E-state index in [1.54, 1.807) is 6.26 Å². The van der Waals surface area contributed by atoms with Gasteiger partial charge in [0.2, 0.25) is 0 Å². The number of hydrogen-bond acceptors (Lipinski definition) is 1. The number of furan rings is 1. The Morgan fingerprint density at radius 3 is 3.18 bits per heavy atom. The lowest BCUT2D eigenvalue weighted by molar-refractivity contribution is 0.614. The van der Waals surface area contributed by atoms with Gasteiger partial charge in [-0.05, 0) is 18.1 Å². The SMILES string of the molecule is CCc1ccc2[c]coc2c1. The Bertz CT molecular complexity index is 360. The molecule has 0 aliphatic heterocycles. The molecular weight excluding hydrogens is 136 g/mol. The third-order valence-corrected chi connectivity index (χ3v) is 1.85. The van der Waals surface area contributed by atoms with E-state index in [0.717, 1.165) is 17.4 Å². The summed E-state index contributed by atoms with van der Waals surface area (Å²) in [5.74, 6) is 0. The number of aryl methyl sites for hydroxylation is 1. The van der Waals surface area contributed by atoms with Crippen LogP contribution >= 0.6 is 0 Å². The molecule has 11 heavy (non-hydrogen) atoms. The van der Waals surface area contributed by atoms with Crippen LogP contribution in [0, 0.1) is 6.07 Å². The third kappa shape index (κ3) is 1.03. The molecule has 0 bridgehead atoms. The molecule has 1 aromatic heterocycles. The molecule has 0 unspecified atom stereocenters. The first kappa shape index (κ1) is 6.47. The van der Waals surface area contributed by atoms with Gasteiger partial charge in [-0.15, -0.1) is 0 Å². The number of hydrogen-bond donors (Lipinski definition) is 0. The summed E-state index contributed by atoms with van der Waals surface area (Å²) >= 11 is 0. The van der Waals surface area contributed by atoms with Gasteiger partial charge in [0.15, 0.2) is 0 Å². The van der Waals surface area contributed by atoms with Gasteiger partial charge >= 0.3 is 0 Å². The molecule has 0 fully saturated rings. The molecule has 0 saturated carbocycles. The average Bonchev–Trinajstić information content (AvgIpc) is 2.50. The van der Waals surface area contributed by atoms with E-state index in [9.17, 15) is 0 Å². The third-order valence-electron chi connectivity index (χ3n) is 1.85. The number of benzene rings is 1. The zero-order valence-corrected chi connectivity index (χ0v) is 6.42. The maximum absolute atomic E-state index is 5.20. The topological polar surface area (TPSA) is 13.1 Å². The van der Waals surface area contributed by atoms with Gasteiger partial charge in [-0.3, -0.25) is 0 Å². The summed E-state index contributed by atoms with van der Waals surface area (Å²) in [6.45, 7) is 2.13. The molecule has 0 atom stereocenters. The van der Waals surface area contributed by atoms with Crippen molar-refractivity contribution in [3.05, 3.63) is 36.1 Å². The van der Waals surface area contributed by atoms with Gasteiger partial charge in [0.25, 0.3) is 0 Å². The molecule has 1 radical (unpaired) electrons. The van der Waals surface area contributed by atoms with Crippen molar-refractivity contribution in [2.75, 3.05) is 0 Å². The van der Waals surface area contributed by atoms with Crippen LogP contribution in [0.5, 0.6) is 0 Å². The van der Waals surface area contributed by atoms with Gasteiger partial charge in [-0.2, -0.15) is 0 Å². The lowest BCUT2D eigenvalue weighted by Crippen LogP contribution is -1.76. The molecule has 0 saturated heterocycles. The highest BCUT2D eigenvalue weighted by molar-refractivity contribution is 5.76. The van der Waals surface area contributed by atoms with Crippen molar-refractivity contribution in [3.63, 3.8) is 0 Å². The van der Waals surface area contributed by atoms with Crippen LogP contribution in [0.4, 0.5) is 0 Å². The molecule has 1 heterocycles. The van der Waals surface area contributed by atoms with Gasteiger partial charge in [0.1, 0.15) is 5.58 Å². The normalized spacial score (nSPS) is 10.6. The molecule has 55 valence electrons. The van der Waals surface area contributed by atoms with Crippen LogP contribution in [0.2, 0.25) is 0 Å². The van der Waals surface area contributed by atoms with E-state index in [-0.39, 0.29) is 0 Å². The molecule has 1 nitrogen and oxygen atoms in total. The molecular formula is C10H9O. The summed E-state index contributed by atoms with van der Waals surface area (Å²) in [5, 5.41) is 1.06. The molecule has 1 heteroatoms. The molecule has 0 aliphatic carbocycles. The minimum absolute atomic E-state index is 0.935. The minimum atomic E-state index is 0.935. The Hall–Kier alpha value is -1.24. The highest BCUT2D eigenvalue weighted by atomic mass is 16.3. The fraction of sp³-hybridized carbons (Fsp3) is 0.200. The second-order valence-corrected chi connectivity index (χ2v) is 2.56. The molecule has 2 aromatic rings. The first-order valence-corrected chi connectivity index (χ1v) is 3.78. The maximum atomic E-state index is 5.20. The average molecular weight is 145 g/mol. The van der Waals surface area contributed by atoms with Crippen molar-refractivity contribution in [3.8, 4) is 0 Å². The van der Waals surface area contributed by atoms with Crippen molar-refractivity contribution in [2.24, 2.45) is 0 Å². The van der Waals surface area contributed by atoms with E-state index >= 15 is 0 Å².